The maximum absolute atomic E-state index is 4.62. The minimum absolute atomic E-state index is 0.498. The average molecular weight is 291 g/mol. The second-order valence-corrected chi connectivity index (χ2v) is 5.71. The first kappa shape index (κ1) is 16.0. The van der Waals surface area contributed by atoms with Crippen molar-refractivity contribution in [1.29, 1.82) is 0 Å². The van der Waals surface area contributed by atoms with Gasteiger partial charge in [0.15, 0.2) is 0 Å². The van der Waals surface area contributed by atoms with Crippen LogP contribution in [0.4, 0.5) is 11.6 Å². The Hall–Kier alpha value is -1.36. The van der Waals surface area contributed by atoms with Gasteiger partial charge in [-0.25, -0.2) is 9.97 Å². The van der Waals surface area contributed by atoms with Gasteiger partial charge in [0.1, 0.15) is 17.5 Å². The van der Waals surface area contributed by atoms with Crippen molar-refractivity contribution in [2.75, 3.05) is 36.8 Å². The fraction of sp³-hybridized carbons (Fsp3) is 0.750. The van der Waals surface area contributed by atoms with Crippen molar-refractivity contribution in [2.45, 2.75) is 52.5 Å². The Balaban J connectivity index is 2.03. The lowest BCUT2D eigenvalue weighted by Gasteiger charge is -2.32. The number of hydrogen-bond donors (Lipinski definition) is 2. The zero-order chi connectivity index (χ0) is 15.1. The van der Waals surface area contributed by atoms with Gasteiger partial charge in [0, 0.05) is 31.6 Å². The van der Waals surface area contributed by atoms with E-state index in [1.165, 1.54) is 19.4 Å². The van der Waals surface area contributed by atoms with E-state index in [1.807, 2.05) is 6.07 Å². The molecule has 0 saturated carbocycles. The average Bonchev–Trinajstić information content (AvgIpc) is 2.52. The quantitative estimate of drug-likeness (QED) is 0.809. The van der Waals surface area contributed by atoms with E-state index in [0.29, 0.717) is 6.04 Å². The number of aromatic nitrogens is 2. The molecule has 0 spiro atoms. The Morgan fingerprint density at radius 3 is 2.76 bits per heavy atom. The smallest absolute Gasteiger partial charge is 0.132 e. The van der Waals surface area contributed by atoms with Crippen LogP contribution in [0.25, 0.3) is 0 Å². The van der Waals surface area contributed by atoms with Gasteiger partial charge in [0.25, 0.3) is 0 Å². The van der Waals surface area contributed by atoms with E-state index < -0.39 is 0 Å². The number of aryl methyl sites for hydroxylation is 1. The molecule has 1 aliphatic heterocycles. The van der Waals surface area contributed by atoms with E-state index in [-0.39, 0.29) is 0 Å². The summed E-state index contributed by atoms with van der Waals surface area (Å²) in [6.45, 7) is 10.9. The molecule has 1 atom stereocenters. The summed E-state index contributed by atoms with van der Waals surface area (Å²) in [5, 5.41) is 6.97. The Morgan fingerprint density at radius 2 is 2.05 bits per heavy atom. The summed E-state index contributed by atoms with van der Waals surface area (Å²) in [4.78, 5) is 11.7. The predicted molar refractivity (Wildman–Crippen MR) is 88.9 cm³/mol. The Morgan fingerprint density at radius 1 is 1.24 bits per heavy atom. The molecule has 5 nitrogen and oxygen atoms in total. The van der Waals surface area contributed by atoms with Crippen LogP contribution in [0.15, 0.2) is 6.07 Å². The fourth-order valence-electron chi connectivity index (χ4n) is 2.74. The van der Waals surface area contributed by atoms with Crippen molar-refractivity contribution in [1.82, 2.24) is 14.9 Å². The van der Waals surface area contributed by atoms with Crippen molar-refractivity contribution in [3.63, 3.8) is 0 Å². The van der Waals surface area contributed by atoms with Crippen LogP contribution in [0.3, 0.4) is 0 Å². The molecule has 21 heavy (non-hydrogen) atoms. The molecule has 0 amide bonds. The van der Waals surface area contributed by atoms with Crippen molar-refractivity contribution >= 4 is 11.6 Å². The van der Waals surface area contributed by atoms with E-state index in [4.69, 9.17) is 0 Å². The molecule has 1 aromatic heterocycles. The molecule has 1 saturated heterocycles. The molecule has 2 N–H and O–H groups in total. The normalized spacial score (nSPS) is 19.5. The van der Waals surface area contributed by atoms with Gasteiger partial charge in [-0.05, 0) is 32.4 Å². The van der Waals surface area contributed by atoms with Gasteiger partial charge in [-0.3, -0.25) is 0 Å². The summed E-state index contributed by atoms with van der Waals surface area (Å²) in [6, 6.07) is 2.54. The summed E-state index contributed by atoms with van der Waals surface area (Å²) in [6.07, 6.45) is 4.45. The number of likely N-dealkylation sites (N-methyl/N-ethyl adjacent to an activating group) is 1. The largest absolute Gasteiger partial charge is 0.370 e. The Bertz CT molecular complexity index is 435. The van der Waals surface area contributed by atoms with Gasteiger partial charge >= 0.3 is 0 Å². The van der Waals surface area contributed by atoms with Crippen molar-refractivity contribution in [3.05, 3.63) is 11.9 Å². The molecule has 5 heteroatoms. The molecule has 0 radical (unpaired) electrons. The van der Waals surface area contributed by atoms with Gasteiger partial charge in [-0.15, -0.1) is 0 Å². The predicted octanol–water partition coefficient (Wildman–Crippen LogP) is 2.76. The van der Waals surface area contributed by atoms with E-state index >= 15 is 0 Å². The molecule has 118 valence electrons. The molecule has 1 aliphatic rings. The van der Waals surface area contributed by atoms with Gasteiger partial charge in [-0.2, -0.15) is 0 Å². The van der Waals surface area contributed by atoms with Crippen LogP contribution in [0.5, 0.6) is 0 Å². The van der Waals surface area contributed by atoms with E-state index in [0.717, 1.165) is 49.9 Å². The summed E-state index contributed by atoms with van der Waals surface area (Å²) >= 11 is 0. The summed E-state index contributed by atoms with van der Waals surface area (Å²) in [5.74, 6) is 2.81. The van der Waals surface area contributed by atoms with Crippen molar-refractivity contribution in [2.24, 2.45) is 0 Å². The third-order valence-corrected chi connectivity index (χ3v) is 3.95. The molecule has 2 heterocycles. The highest BCUT2D eigenvalue weighted by Crippen LogP contribution is 2.17. The molecule has 0 aromatic carbocycles. The third kappa shape index (κ3) is 4.84. The third-order valence-electron chi connectivity index (χ3n) is 3.95. The second kappa shape index (κ2) is 8.17. The number of likely N-dealkylation sites (tertiary alicyclic amines) is 1. The van der Waals surface area contributed by atoms with Crippen molar-refractivity contribution in [3.8, 4) is 0 Å². The maximum Gasteiger partial charge on any atom is 0.132 e. The Kier molecular flexibility index (Phi) is 6.23. The number of nitrogens with zero attached hydrogens (tertiary/aromatic N) is 3. The van der Waals surface area contributed by atoms with E-state index in [1.54, 1.807) is 0 Å². The SMILES string of the molecule is CCCNc1cc(NC2CCCN(CC)C2)nc(CC)n1. The van der Waals surface area contributed by atoms with Crippen LogP contribution < -0.4 is 10.6 Å². The van der Waals surface area contributed by atoms with Gasteiger partial charge < -0.3 is 15.5 Å². The van der Waals surface area contributed by atoms with Crippen LogP contribution in [-0.2, 0) is 6.42 Å². The molecule has 0 aliphatic carbocycles. The maximum atomic E-state index is 4.62. The highest BCUT2D eigenvalue weighted by Gasteiger charge is 2.19. The first-order chi connectivity index (χ1) is 10.2. The van der Waals surface area contributed by atoms with Gasteiger partial charge in [-0.1, -0.05) is 20.8 Å². The molecule has 2 rings (SSSR count). The molecule has 0 bridgehead atoms. The molecule has 1 aromatic rings. The molecule has 1 unspecified atom stereocenters. The highest BCUT2D eigenvalue weighted by atomic mass is 15.2. The lowest BCUT2D eigenvalue weighted by Crippen LogP contribution is -2.42. The van der Waals surface area contributed by atoms with E-state index in [9.17, 15) is 0 Å². The fourth-order valence-corrected chi connectivity index (χ4v) is 2.74. The summed E-state index contributed by atoms with van der Waals surface area (Å²) in [5.41, 5.74) is 0. The van der Waals surface area contributed by atoms with Crippen LogP contribution >= 0.6 is 0 Å². The number of hydrogen-bond acceptors (Lipinski definition) is 5. The molecular formula is C16H29N5. The minimum Gasteiger partial charge on any atom is -0.370 e. The number of piperidine rings is 1. The summed E-state index contributed by atoms with van der Waals surface area (Å²) < 4.78 is 0. The van der Waals surface area contributed by atoms with E-state index in [2.05, 4.69) is 46.3 Å². The summed E-state index contributed by atoms with van der Waals surface area (Å²) in [7, 11) is 0. The number of anilines is 2. The van der Waals surface area contributed by atoms with Crippen LogP contribution in [0, 0.1) is 0 Å². The topological polar surface area (TPSA) is 53.1 Å². The molecule has 1 fully saturated rings. The zero-order valence-corrected chi connectivity index (χ0v) is 13.7. The highest BCUT2D eigenvalue weighted by molar-refractivity contribution is 5.48. The van der Waals surface area contributed by atoms with Gasteiger partial charge in [0.2, 0.25) is 0 Å². The lowest BCUT2D eigenvalue weighted by atomic mass is 10.1. The van der Waals surface area contributed by atoms with Crippen LogP contribution in [0.1, 0.15) is 45.9 Å². The monoisotopic (exact) mass is 291 g/mol. The lowest BCUT2D eigenvalue weighted by molar-refractivity contribution is 0.226. The van der Waals surface area contributed by atoms with Crippen LogP contribution in [-0.4, -0.2) is 47.1 Å². The first-order valence-corrected chi connectivity index (χ1v) is 8.35. The zero-order valence-electron chi connectivity index (χ0n) is 13.7. The van der Waals surface area contributed by atoms with Crippen LogP contribution in [0.2, 0.25) is 0 Å². The minimum atomic E-state index is 0.498. The van der Waals surface area contributed by atoms with Gasteiger partial charge in [0.05, 0.1) is 0 Å². The van der Waals surface area contributed by atoms with Crippen molar-refractivity contribution < 1.29 is 0 Å². The number of rotatable bonds is 7. The molecular weight excluding hydrogens is 262 g/mol. The standard InChI is InChI=1S/C16H29N5/c1-4-9-17-15-11-16(20-14(5-2)19-15)18-13-8-7-10-21(6-3)12-13/h11,13H,4-10,12H2,1-3H3,(H2,17,18,19,20). The first-order valence-electron chi connectivity index (χ1n) is 8.35. The number of nitrogens with one attached hydrogen (secondary N) is 2. The Labute approximate surface area is 128 Å². The second-order valence-electron chi connectivity index (χ2n) is 5.71.